The van der Waals surface area contributed by atoms with Crippen LogP contribution in [-0.2, 0) is 16.0 Å². The Morgan fingerprint density at radius 1 is 1.50 bits per heavy atom. The number of aryl methyl sites for hydroxylation is 2. The van der Waals surface area contributed by atoms with Crippen LogP contribution in [0, 0.1) is 12.8 Å². The van der Waals surface area contributed by atoms with Gasteiger partial charge in [-0.15, -0.1) is 11.3 Å². The van der Waals surface area contributed by atoms with E-state index in [0.29, 0.717) is 0 Å². The molecule has 6 nitrogen and oxygen atoms in total. The van der Waals surface area contributed by atoms with Crippen LogP contribution in [0.3, 0.4) is 0 Å². The summed E-state index contributed by atoms with van der Waals surface area (Å²) in [5, 5.41) is 6.64. The highest BCUT2D eigenvalue weighted by molar-refractivity contribution is 7.09. The van der Waals surface area contributed by atoms with Crippen molar-refractivity contribution in [2.45, 2.75) is 39.5 Å². The fourth-order valence-electron chi connectivity index (χ4n) is 2.85. The molecule has 1 N–H and O–H groups in total. The first-order valence-electron chi connectivity index (χ1n) is 8.66. The Bertz CT molecular complexity index is 551. The minimum Gasteiger partial charge on any atom is -0.469 e. The molecule has 1 saturated heterocycles. The van der Waals surface area contributed by atoms with Gasteiger partial charge in [-0.1, -0.05) is 0 Å². The lowest BCUT2D eigenvalue weighted by molar-refractivity contribution is -0.146. The van der Waals surface area contributed by atoms with Crippen molar-refractivity contribution in [2.24, 2.45) is 10.9 Å². The summed E-state index contributed by atoms with van der Waals surface area (Å²) in [4.78, 5) is 23.1. The number of rotatable bonds is 6. The number of methoxy groups -OCH3 is 1. The molecule has 0 amide bonds. The first-order chi connectivity index (χ1) is 11.6. The molecular formula is C17H28N4O2S. The average molecular weight is 353 g/mol. The number of nitrogens with zero attached hydrogens (tertiary/aromatic N) is 3. The van der Waals surface area contributed by atoms with Crippen molar-refractivity contribution < 1.29 is 9.53 Å². The van der Waals surface area contributed by atoms with Gasteiger partial charge in [-0.2, -0.15) is 0 Å². The topological polar surface area (TPSA) is 66.8 Å². The van der Waals surface area contributed by atoms with E-state index in [4.69, 9.17) is 9.73 Å². The summed E-state index contributed by atoms with van der Waals surface area (Å²) in [6, 6.07) is 0. The van der Waals surface area contributed by atoms with Crippen LogP contribution in [0.4, 0.5) is 0 Å². The van der Waals surface area contributed by atoms with Gasteiger partial charge in [-0.25, -0.2) is 4.98 Å². The third kappa shape index (κ3) is 5.47. The Kier molecular flexibility index (Phi) is 7.49. The highest BCUT2D eigenvalue weighted by atomic mass is 32.1. The quantitative estimate of drug-likeness (QED) is 0.368. The Morgan fingerprint density at radius 2 is 2.25 bits per heavy atom. The standard InChI is InChI=1S/C17H28N4O2S/c1-4-18-17(19-9-5-6-15-20-13(2)12-24-15)21-10-7-14(8-11-21)16(22)23-3/h12,14H,4-11H2,1-3H3,(H,18,19). The van der Waals surface area contributed by atoms with Crippen molar-refractivity contribution in [1.82, 2.24) is 15.2 Å². The molecule has 0 aromatic carbocycles. The molecule has 2 rings (SSSR count). The zero-order chi connectivity index (χ0) is 17.4. The first-order valence-corrected chi connectivity index (χ1v) is 9.54. The average Bonchev–Trinajstić information content (AvgIpc) is 3.02. The molecule has 134 valence electrons. The molecule has 24 heavy (non-hydrogen) atoms. The molecule has 1 aromatic rings. The van der Waals surface area contributed by atoms with E-state index in [-0.39, 0.29) is 11.9 Å². The maximum Gasteiger partial charge on any atom is 0.308 e. The van der Waals surface area contributed by atoms with E-state index in [1.54, 1.807) is 11.3 Å². The van der Waals surface area contributed by atoms with Crippen LogP contribution in [0.25, 0.3) is 0 Å². The lowest BCUT2D eigenvalue weighted by atomic mass is 9.97. The minimum absolute atomic E-state index is 0.0299. The number of carbonyl (C=O) groups excluding carboxylic acids is 1. The van der Waals surface area contributed by atoms with Crippen molar-refractivity contribution >= 4 is 23.3 Å². The summed E-state index contributed by atoms with van der Waals surface area (Å²) in [7, 11) is 1.46. The predicted octanol–water partition coefficient (Wildman–Crippen LogP) is 2.23. The number of piperidine rings is 1. The van der Waals surface area contributed by atoms with E-state index in [1.807, 2.05) is 6.92 Å². The predicted molar refractivity (Wildman–Crippen MR) is 97.5 cm³/mol. The number of hydrogen-bond donors (Lipinski definition) is 1. The van der Waals surface area contributed by atoms with Crippen molar-refractivity contribution in [3.8, 4) is 0 Å². The van der Waals surface area contributed by atoms with E-state index in [1.165, 1.54) is 12.1 Å². The van der Waals surface area contributed by atoms with Crippen LogP contribution in [0.15, 0.2) is 10.4 Å². The summed E-state index contributed by atoms with van der Waals surface area (Å²) in [5.74, 6) is 0.897. The van der Waals surface area contributed by atoms with E-state index < -0.39 is 0 Å². The van der Waals surface area contributed by atoms with Gasteiger partial charge in [0.15, 0.2) is 5.96 Å². The molecule has 0 saturated carbocycles. The Morgan fingerprint density at radius 3 is 2.83 bits per heavy atom. The van der Waals surface area contributed by atoms with Crippen LogP contribution >= 0.6 is 11.3 Å². The first kappa shape index (κ1) is 18.7. The second-order valence-electron chi connectivity index (χ2n) is 6.01. The number of nitrogens with one attached hydrogen (secondary N) is 1. The molecule has 2 heterocycles. The molecular weight excluding hydrogens is 324 g/mol. The number of aromatic nitrogens is 1. The SMILES string of the molecule is CCNC(=NCCCc1nc(C)cs1)N1CCC(C(=O)OC)CC1. The van der Waals surface area contributed by atoms with Crippen molar-refractivity contribution in [1.29, 1.82) is 0 Å². The summed E-state index contributed by atoms with van der Waals surface area (Å²) in [6.45, 7) is 7.43. The van der Waals surface area contributed by atoms with Gasteiger partial charge in [0.25, 0.3) is 0 Å². The second kappa shape index (κ2) is 9.61. The Labute approximate surface area is 148 Å². The Hall–Kier alpha value is -1.63. The van der Waals surface area contributed by atoms with Crippen molar-refractivity contribution in [3.63, 3.8) is 0 Å². The van der Waals surface area contributed by atoms with E-state index in [2.05, 4.69) is 27.5 Å². The smallest absolute Gasteiger partial charge is 0.308 e. The number of aliphatic imine (C=N–C) groups is 1. The number of hydrogen-bond acceptors (Lipinski definition) is 5. The summed E-state index contributed by atoms with van der Waals surface area (Å²) in [6.07, 6.45) is 3.64. The number of ether oxygens (including phenoxy) is 1. The third-order valence-electron chi connectivity index (χ3n) is 4.14. The molecule has 1 aliphatic heterocycles. The van der Waals surface area contributed by atoms with Gasteiger partial charge >= 0.3 is 5.97 Å². The number of guanidine groups is 1. The lowest BCUT2D eigenvalue weighted by Crippen LogP contribution is -2.46. The molecule has 1 aliphatic rings. The summed E-state index contributed by atoms with van der Waals surface area (Å²) < 4.78 is 4.85. The summed E-state index contributed by atoms with van der Waals surface area (Å²) in [5.41, 5.74) is 1.10. The molecule has 0 aliphatic carbocycles. The monoisotopic (exact) mass is 352 g/mol. The zero-order valence-corrected chi connectivity index (χ0v) is 15.7. The van der Waals surface area contributed by atoms with E-state index >= 15 is 0 Å². The van der Waals surface area contributed by atoms with Crippen LogP contribution in [0.5, 0.6) is 0 Å². The van der Waals surface area contributed by atoms with Gasteiger partial charge in [0.05, 0.1) is 18.0 Å². The maximum atomic E-state index is 11.6. The molecule has 1 fully saturated rings. The minimum atomic E-state index is -0.0877. The third-order valence-corrected chi connectivity index (χ3v) is 5.17. The Balaban J connectivity index is 1.81. The fourth-order valence-corrected chi connectivity index (χ4v) is 3.67. The van der Waals surface area contributed by atoms with Gasteiger partial charge in [0.2, 0.25) is 0 Å². The molecule has 0 atom stereocenters. The fraction of sp³-hybridized carbons (Fsp3) is 0.706. The summed E-state index contributed by atoms with van der Waals surface area (Å²) >= 11 is 1.72. The van der Waals surface area contributed by atoms with Crippen LogP contribution in [0.1, 0.15) is 36.9 Å². The lowest BCUT2D eigenvalue weighted by Gasteiger charge is -2.33. The highest BCUT2D eigenvalue weighted by Crippen LogP contribution is 2.18. The van der Waals surface area contributed by atoms with Gasteiger partial charge in [-0.05, 0) is 33.1 Å². The van der Waals surface area contributed by atoms with Gasteiger partial charge < -0.3 is 15.0 Å². The second-order valence-corrected chi connectivity index (χ2v) is 6.95. The zero-order valence-electron chi connectivity index (χ0n) is 14.9. The molecule has 1 aromatic heterocycles. The number of carbonyl (C=O) groups is 1. The van der Waals surface area contributed by atoms with Crippen molar-refractivity contribution in [2.75, 3.05) is 33.3 Å². The highest BCUT2D eigenvalue weighted by Gasteiger charge is 2.26. The molecule has 0 bridgehead atoms. The van der Waals surface area contributed by atoms with Crippen LogP contribution in [0.2, 0.25) is 0 Å². The molecule has 0 radical (unpaired) electrons. The van der Waals surface area contributed by atoms with Crippen LogP contribution < -0.4 is 5.32 Å². The maximum absolute atomic E-state index is 11.6. The van der Waals surface area contributed by atoms with Gasteiger partial charge in [-0.3, -0.25) is 9.79 Å². The largest absolute Gasteiger partial charge is 0.469 e. The van der Waals surface area contributed by atoms with Gasteiger partial charge in [0.1, 0.15) is 0 Å². The van der Waals surface area contributed by atoms with Crippen molar-refractivity contribution in [3.05, 3.63) is 16.1 Å². The molecule has 7 heteroatoms. The molecule has 0 spiro atoms. The van der Waals surface area contributed by atoms with E-state index in [0.717, 1.165) is 63.5 Å². The molecule has 0 unspecified atom stereocenters. The van der Waals surface area contributed by atoms with E-state index in [9.17, 15) is 4.79 Å². The number of likely N-dealkylation sites (tertiary alicyclic amines) is 1. The number of esters is 1. The number of thiazole rings is 1. The van der Waals surface area contributed by atoms with Gasteiger partial charge in [0, 0.05) is 43.7 Å². The normalized spacial score (nSPS) is 16.3. The van der Waals surface area contributed by atoms with Crippen LogP contribution in [-0.4, -0.2) is 55.1 Å².